The van der Waals surface area contributed by atoms with Gasteiger partial charge in [0, 0.05) is 12.1 Å². The van der Waals surface area contributed by atoms with Crippen molar-refractivity contribution in [3.05, 3.63) is 44.9 Å². The number of halogens is 1. The molecular weight excluding hydrogens is 196 g/mol. The molecule has 0 spiro atoms. The predicted octanol–water partition coefficient (Wildman–Crippen LogP) is 2.60. The lowest BCUT2D eigenvalue weighted by atomic mass is 10.2. The van der Waals surface area contributed by atoms with Gasteiger partial charge in [-0.25, -0.2) is 0 Å². The summed E-state index contributed by atoms with van der Waals surface area (Å²) in [4.78, 5) is 19.7. The molecule has 5 nitrogen and oxygen atoms in total. The molecule has 0 aliphatic carbocycles. The third-order valence-corrected chi connectivity index (χ3v) is 1.80. The van der Waals surface area contributed by atoms with Crippen molar-refractivity contribution in [1.29, 1.82) is 0 Å². The Morgan fingerprint density at radius 1 is 1.38 bits per heavy atom. The third kappa shape index (κ3) is 2.22. The van der Waals surface area contributed by atoms with Crippen molar-refractivity contribution in [2.24, 2.45) is 5.18 Å². The van der Waals surface area contributed by atoms with Gasteiger partial charge in [0.25, 0.3) is 5.69 Å². The molecule has 13 heavy (non-hydrogen) atoms. The van der Waals surface area contributed by atoms with Crippen molar-refractivity contribution in [3.63, 3.8) is 0 Å². The first kappa shape index (κ1) is 9.60. The smallest absolute Gasteiger partial charge is 0.258 e. The minimum atomic E-state index is -0.985. The second-order valence-corrected chi connectivity index (χ2v) is 2.70. The molecule has 1 aromatic carbocycles. The van der Waals surface area contributed by atoms with Crippen LogP contribution in [-0.4, -0.2) is 4.92 Å². The lowest BCUT2D eigenvalue weighted by Crippen LogP contribution is -1.89. The second-order valence-electron chi connectivity index (χ2n) is 2.29. The fourth-order valence-corrected chi connectivity index (χ4v) is 0.961. The van der Waals surface area contributed by atoms with Gasteiger partial charge in [-0.15, -0.1) is 4.91 Å². The van der Waals surface area contributed by atoms with Gasteiger partial charge in [0.05, 0.1) is 4.92 Å². The van der Waals surface area contributed by atoms with Crippen LogP contribution in [0.5, 0.6) is 0 Å². The van der Waals surface area contributed by atoms with Crippen LogP contribution in [0.1, 0.15) is 11.1 Å². The Balaban J connectivity index is 2.93. The zero-order valence-corrected chi connectivity index (χ0v) is 7.14. The first-order valence-corrected chi connectivity index (χ1v) is 3.79. The van der Waals surface area contributed by atoms with Crippen molar-refractivity contribution in [1.82, 2.24) is 0 Å². The van der Waals surface area contributed by atoms with Crippen LogP contribution in [0.25, 0.3) is 0 Å². The quantitative estimate of drug-likeness (QED) is 0.248. The van der Waals surface area contributed by atoms with E-state index in [4.69, 9.17) is 11.6 Å². The highest BCUT2D eigenvalue weighted by Crippen LogP contribution is 2.23. The zero-order valence-electron chi connectivity index (χ0n) is 6.38. The molecule has 1 atom stereocenters. The predicted molar refractivity (Wildman–Crippen MR) is 47.5 cm³/mol. The lowest BCUT2D eigenvalue weighted by molar-refractivity contribution is -0.384. The number of nitroso groups, excluding NO2 is 1. The van der Waals surface area contributed by atoms with Gasteiger partial charge in [0.2, 0.25) is 0 Å². The number of hydrogen-bond acceptors (Lipinski definition) is 4. The molecule has 0 aromatic heterocycles. The van der Waals surface area contributed by atoms with Crippen LogP contribution in [0, 0.1) is 15.0 Å². The van der Waals surface area contributed by atoms with E-state index in [1.54, 1.807) is 0 Å². The molecule has 6 heteroatoms. The first-order chi connectivity index (χ1) is 6.15. The van der Waals surface area contributed by atoms with Crippen LogP contribution in [-0.2, 0) is 0 Å². The average molecular weight is 201 g/mol. The fraction of sp³-hybridized carbons (Fsp3) is 0.143. The van der Waals surface area contributed by atoms with Crippen molar-refractivity contribution < 1.29 is 4.92 Å². The van der Waals surface area contributed by atoms with Crippen molar-refractivity contribution in [3.8, 4) is 0 Å². The van der Waals surface area contributed by atoms with Gasteiger partial charge < -0.3 is 0 Å². The Labute approximate surface area is 78.4 Å². The van der Waals surface area contributed by atoms with Crippen LogP contribution >= 0.6 is 11.6 Å². The van der Waals surface area contributed by atoms with Gasteiger partial charge in [-0.1, -0.05) is 11.6 Å². The van der Waals surface area contributed by atoms with E-state index in [9.17, 15) is 15.0 Å². The summed E-state index contributed by atoms with van der Waals surface area (Å²) in [5.41, 5.74) is -0.582. The highest BCUT2D eigenvalue weighted by molar-refractivity contribution is 6.20. The summed E-state index contributed by atoms with van der Waals surface area (Å²) in [7, 11) is 0. The summed E-state index contributed by atoms with van der Waals surface area (Å²) >= 11 is 5.47. The largest absolute Gasteiger partial charge is 0.269 e. The summed E-state index contributed by atoms with van der Waals surface area (Å²) in [6.07, 6.45) is 0. The number of nitro groups is 1. The van der Waals surface area contributed by atoms with Crippen molar-refractivity contribution >= 4 is 17.3 Å². The monoisotopic (exact) mass is 200 g/mol. The maximum Gasteiger partial charge on any atom is 0.269 e. The Kier molecular flexibility index (Phi) is 2.92. The molecule has 68 valence electrons. The van der Waals surface area contributed by atoms with Crippen LogP contribution in [0.2, 0.25) is 0 Å². The molecule has 0 amide bonds. The highest BCUT2D eigenvalue weighted by Gasteiger charge is 2.09. The molecule has 0 aliphatic rings. The normalized spacial score (nSPS) is 12.1. The molecule has 0 radical (unpaired) electrons. The molecule has 1 aromatic rings. The van der Waals surface area contributed by atoms with Crippen LogP contribution in [0.4, 0.5) is 5.69 Å². The summed E-state index contributed by atoms with van der Waals surface area (Å²) in [5, 5.41) is 12.8. The second kappa shape index (κ2) is 3.95. The zero-order chi connectivity index (χ0) is 9.84. The molecule has 0 bridgehead atoms. The SMILES string of the molecule is O=NC(Cl)c1ccc([N+](=O)[O-])cc1. The highest BCUT2D eigenvalue weighted by atomic mass is 35.5. The van der Waals surface area contributed by atoms with Crippen LogP contribution < -0.4 is 0 Å². The summed E-state index contributed by atoms with van der Waals surface area (Å²) in [6, 6.07) is 5.35. The van der Waals surface area contributed by atoms with Gasteiger partial charge in [-0.3, -0.25) is 10.1 Å². The number of nitro benzene ring substituents is 1. The Hall–Kier alpha value is -1.49. The van der Waals surface area contributed by atoms with E-state index in [1.165, 1.54) is 24.3 Å². The van der Waals surface area contributed by atoms with Gasteiger partial charge in [-0.2, -0.15) is 0 Å². The summed E-state index contributed by atoms with van der Waals surface area (Å²) in [5.74, 6) is 0. The van der Waals surface area contributed by atoms with E-state index in [1.807, 2.05) is 0 Å². The molecule has 0 saturated carbocycles. The number of alkyl halides is 1. The van der Waals surface area contributed by atoms with E-state index in [0.29, 0.717) is 5.56 Å². The van der Waals surface area contributed by atoms with Crippen LogP contribution in [0.3, 0.4) is 0 Å². The van der Waals surface area contributed by atoms with E-state index >= 15 is 0 Å². The Morgan fingerprint density at radius 3 is 2.31 bits per heavy atom. The molecule has 0 fully saturated rings. The summed E-state index contributed by atoms with van der Waals surface area (Å²) in [6.45, 7) is 0. The molecule has 0 saturated heterocycles. The third-order valence-electron chi connectivity index (χ3n) is 1.47. The van der Waals surface area contributed by atoms with Crippen molar-refractivity contribution in [2.75, 3.05) is 0 Å². The maximum absolute atomic E-state index is 10.2. The topological polar surface area (TPSA) is 72.6 Å². The molecular formula is C7H5ClN2O3. The minimum Gasteiger partial charge on any atom is -0.258 e. The Bertz CT molecular complexity index is 325. The number of benzene rings is 1. The standard InChI is InChI=1S/C7H5ClN2O3/c8-7(9-11)5-1-3-6(4-2-5)10(12)13/h1-4,7H. The number of rotatable bonds is 3. The van der Waals surface area contributed by atoms with Gasteiger partial charge >= 0.3 is 0 Å². The van der Waals surface area contributed by atoms with Gasteiger partial charge in [0.15, 0.2) is 5.50 Å². The van der Waals surface area contributed by atoms with E-state index in [0.717, 1.165) is 0 Å². The molecule has 1 rings (SSSR count). The first-order valence-electron chi connectivity index (χ1n) is 3.36. The molecule has 0 aliphatic heterocycles. The maximum atomic E-state index is 10.2. The average Bonchev–Trinajstić information content (AvgIpc) is 2.17. The van der Waals surface area contributed by atoms with Crippen LogP contribution in [0.15, 0.2) is 29.4 Å². The lowest BCUT2D eigenvalue weighted by Gasteiger charge is -1.98. The van der Waals surface area contributed by atoms with Gasteiger partial charge in [0.1, 0.15) is 0 Å². The van der Waals surface area contributed by atoms with E-state index in [2.05, 4.69) is 5.18 Å². The number of hydrogen-bond donors (Lipinski definition) is 0. The minimum absolute atomic E-state index is 0.0430. The van der Waals surface area contributed by atoms with E-state index < -0.39 is 10.4 Å². The van der Waals surface area contributed by atoms with Crippen molar-refractivity contribution in [2.45, 2.75) is 5.50 Å². The number of nitrogens with zero attached hydrogens (tertiary/aromatic N) is 2. The van der Waals surface area contributed by atoms with E-state index in [-0.39, 0.29) is 5.69 Å². The fourth-order valence-electron chi connectivity index (χ4n) is 0.816. The number of non-ortho nitro benzene ring substituents is 1. The molecule has 0 heterocycles. The Morgan fingerprint density at radius 2 is 1.92 bits per heavy atom. The van der Waals surface area contributed by atoms with Gasteiger partial charge in [-0.05, 0) is 22.9 Å². The summed E-state index contributed by atoms with van der Waals surface area (Å²) < 4.78 is 0. The molecule has 1 unspecified atom stereocenters. The molecule has 0 N–H and O–H groups in total.